The van der Waals surface area contributed by atoms with E-state index in [0.29, 0.717) is 18.1 Å². The van der Waals surface area contributed by atoms with Gasteiger partial charge < -0.3 is 4.74 Å². The SMILES string of the molecule is CC1OCCC1C(CC1CCCCC1)NN. The van der Waals surface area contributed by atoms with Crippen molar-refractivity contribution in [3.05, 3.63) is 0 Å². The second-order valence-corrected chi connectivity index (χ2v) is 5.54. The summed E-state index contributed by atoms with van der Waals surface area (Å²) in [5.41, 5.74) is 3.04. The van der Waals surface area contributed by atoms with Gasteiger partial charge in [-0.15, -0.1) is 0 Å². The third-order valence-electron chi connectivity index (χ3n) is 4.48. The number of hydrazine groups is 1. The molecule has 0 bridgehead atoms. The van der Waals surface area contributed by atoms with Crippen LogP contribution in [0, 0.1) is 11.8 Å². The summed E-state index contributed by atoms with van der Waals surface area (Å²) in [6.45, 7) is 3.09. The second kappa shape index (κ2) is 5.99. The number of nitrogens with two attached hydrogens (primary N) is 1. The molecular formula is C13H26N2O. The van der Waals surface area contributed by atoms with Crippen molar-refractivity contribution in [3.63, 3.8) is 0 Å². The fraction of sp³-hybridized carbons (Fsp3) is 1.00. The Morgan fingerprint density at radius 1 is 1.25 bits per heavy atom. The number of hydrogen-bond acceptors (Lipinski definition) is 3. The molecule has 3 heteroatoms. The minimum absolute atomic E-state index is 0.379. The van der Waals surface area contributed by atoms with E-state index >= 15 is 0 Å². The third-order valence-corrected chi connectivity index (χ3v) is 4.48. The summed E-state index contributed by atoms with van der Waals surface area (Å²) in [6, 6.07) is 0.459. The van der Waals surface area contributed by atoms with Gasteiger partial charge >= 0.3 is 0 Å². The predicted molar refractivity (Wildman–Crippen MR) is 65.8 cm³/mol. The zero-order valence-corrected chi connectivity index (χ0v) is 10.5. The normalized spacial score (nSPS) is 34.1. The van der Waals surface area contributed by atoms with E-state index in [4.69, 9.17) is 10.6 Å². The lowest BCUT2D eigenvalue weighted by atomic mass is 9.80. The van der Waals surface area contributed by atoms with Crippen molar-refractivity contribution in [2.75, 3.05) is 6.61 Å². The molecule has 1 aliphatic heterocycles. The maximum absolute atomic E-state index is 5.73. The Labute approximate surface area is 99.1 Å². The van der Waals surface area contributed by atoms with Crippen LogP contribution in [0.25, 0.3) is 0 Å². The van der Waals surface area contributed by atoms with Gasteiger partial charge in [-0.2, -0.15) is 0 Å². The van der Waals surface area contributed by atoms with Gasteiger partial charge in [-0.05, 0) is 25.7 Å². The fourth-order valence-electron chi connectivity index (χ4n) is 3.43. The van der Waals surface area contributed by atoms with Crippen LogP contribution in [0.3, 0.4) is 0 Å². The first-order chi connectivity index (χ1) is 7.81. The Hall–Kier alpha value is -0.120. The van der Waals surface area contributed by atoms with Crippen LogP contribution in [-0.2, 0) is 4.74 Å². The van der Waals surface area contributed by atoms with Crippen molar-refractivity contribution in [1.82, 2.24) is 5.43 Å². The van der Waals surface area contributed by atoms with Crippen molar-refractivity contribution < 1.29 is 4.74 Å². The molecule has 94 valence electrons. The minimum Gasteiger partial charge on any atom is -0.378 e. The van der Waals surface area contributed by atoms with Gasteiger partial charge in [0.1, 0.15) is 0 Å². The van der Waals surface area contributed by atoms with Gasteiger partial charge in [0.05, 0.1) is 6.10 Å². The Morgan fingerprint density at radius 2 is 2.00 bits per heavy atom. The highest BCUT2D eigenvalue weighted by Crippen LogP contribution is 2.32. The van der Waals surface area contributed by atoms with Gasteiger partial charge in [0, 0.05) is 18.6 Å². The molecule has 3 N–H and O–H groups in total. The van der Waals surface area contributed by atoms with Crippen molar-refractivity contribution in [3.8, 4) is 0 Å². The van der Waals surface area contributed by atoms with Crippen LogP contribution in [0.1, 0.15) is 51.9 Å². The van der Waals surface area contributed by atoms with Crippen LogP contribution in [0.15, 0.2) is 0 Å². The molecule has 3 atom stereocenters. The maximum atomic E-state index is 5.73. The highest BCUT2D eigenvalue weighted by Gasteiger charge is 2.32. The van der Waals surface area contributed by atoms with Crippen molar-refractivity contribution in [2.24, 2.45) is 17.7 Å². The van der Waals surface area contributed by atoms with E-state index in [-0.39, 0.29) is 0 Å². The van der Waals surface area contributed by atoms with Crippen molar-refractivity contribution >= 4 is 0 Å². The van der Waals surface area contributed by atoms with E-state index in [9.17, 15) is 0 Å². The van der Waals surface area contributed by atoms with E-state index < -0.39 is 0 Å². The largest absolute Gasteiger partial charge is 0.378 e. The molecule has 3 nitrogen and oxygen atoms in total. The molecule has 1 heterocycles. The molecule has 1 aliphatic carbocycles. The summed E-state index contributed by atoms with van der Waals surface area (Å²) in [6.07, 6.45) is 9.86. The number of rotatable bonds is 4. The summed E-state index contributed by atoms with van der Waals surface area (Å²) in [4.78, 5) is 0. The first-order valence-electron chi connectivity index (χ1n) is 6.89. The average Bonchev–Trinajstić information content (AvgIpc) is 2.74. The summed E-state index contributed by atoms with van der Waals surface area (Å²) in [7, 11) is 0. The molecule has 1 saturated carbocycles. The molecule has 0 aromatic rings. The number of ether oxygens (including phenoxy) is 1. The summed E-state index contributed by atoms with van der Waals surface area (Å²) >= 11 is 0. The molecule has 1 saturated heterocycles. The van der Waals surface area contributed by atoms with Crippen LogP contribution < -0.4 is 11.3 Å². The molecule has 3 unspecified atom stereocenters. The van der Waals surface area contributed by atoms with Gasteiger partial charge in [-0.1, -0.05) is 32.1 Å². The molecule has 2 fully saturated rings. The standard InChI is InChI=1S/C13H26N2O/c1-10-12(7-8-16-10)13(15-14)9-11-5-3-2-4-6-11/h10-13,15H,2-9,14H2,1H3. The van der Waals surface area contributed by atoms with Crippen LogP contribution >= 0.6 is 0 Å². The van der Waals surface area contributed by atoms with E-state index in [1.165, 1.54) is 44.9 Å². The van der Waals surface area contributed by atoms with Crippen molar-refractivity contribution in [1.29, 1.82) is 0 Å². The van der Waals surface area contributed by atoms with Crippen molar-refractivity contribution in [2.45, 2.75) is 64.0 Å². The van der Waals surface area contributed by atoms with Crippen LogP contribution in [0.2, 0.25) is 0 Å². The Morgan fingerprint density at radius 3 is 2.56 bits per heavy atom. The second-order valence-electron chi connectivity index (χ2n) is 5.54. The molecule has 0 aromatic carbocycles. The Balaban J connectivity index is 1.84. The average molecular weight is 226 g/mol. The first kappa shape index (κ1) is 12.3. The summed E-state index contributed by atoms with van der Waals surface area (Å²) < 4.78 is 5.64. The van der Waals surface area contributed by atoms with Gasteiger partial charge in [0.2, 0.25) is 0 Å². The van der Waals surface area contributed by atoms with Gasteiger partial charge in [-0.3, -0.25) is 11.3 Å². The quantitative estimate of drug-likeness (QED) is 0.571. The number of nitrogens with one attached hydrogen (secondary N) is 1. The monoisotopic (exact) mass is 226 g/mol. The minimum atomic E-state index is 0.379. The van der Waals surface area contributed by atoms with Gasteiger partial charge in [0.15, 0.2) is 0 Å². The molecule has 2 aliphatic rings. The van der Waals surface area contributed by atoms with Crippen LogP contribution in [-0.4, -0.2) is 18.8 Å². The highest BCUT2D eigenvalue weighted by molar-refractivity contribution is 4.85. The molecule has 2 rings (SSSR count). The smallest absolute Gasteiger partial charge is 0.0591 e. The van der Waals surface area contributed by atoms with E-state index in [1.807, 2.05) is 0 Å². The zero-order chi connectivity index (χ0) is 11.4. The number of hydrogen-bond donors (Lipinski definition) is 2. The van der Waals surface area contributed by atoms with Gasteiger partial charge in [-0.25, -0.2) is 0 Å². The topological polar surface area (TPSA) is 47.3 Å². The lowest BCUT2D eigenvalue weighted by Crippen LogP contribution is -2.44. The molecule has 0 amide bonds. The molecule has 0 radical (unpaired) electrons. The summed E-state index contributed by atoms with van der Waals surface area (Å²) in [5, 5.41) is 0. The van der Waals surface area contributed by atoms with E-state index in [2.05, 4.69) is 12.3 Å². The Kier molecular flexibility index (Phi) is 4.62. The fourth-order valence-corrected chi connectivity index (χ4v) is 3.43. The molecule has 16 heavy (non-hydrogen) atoms. The van der Waals surface area contributed by atoms with E-state index in [0.717, 1.165) is 12.5 Å². The first-order valence-corrected chi connectivity index (χ1v) is 6.89. The predicted octanol–water partition coefficient (Wildman–Crippen LogP) is 2.21. The van der Waals surface area contributed by atoms with Gasteiger partial charge in [0.25, 0.3) is 0 Å². The third kappa shape index (κ3) is 2.96. The van der Waals surface area contributed by atoms with Crippen LogP contribution in [0.5, 0.6) is 0 Å². The lowest BCUT2D eigenvalue weighted by molar-refractivity contribution is 0.0905. The summed E-state index contributed by atoms with van der Waals surface area (Å²) in [5.74, 6) is 7.24. The molecule has 0 spiro atoms. The van der Waals surface area contributed by atoms with Crippen LogP contribution in [0.4, 0.5) is 0 Å². The lowest BCUT2D eigenvalue weighted by Gasteiger charge is -2.30. The van der Waals surface area contributed by atoms with E-state index in [1.54, 1.807) is 0 Å². The molecule has 0 aromatic heterocycles. The Bertz CT molecular complexity index is 204. The maximum Gasteiger partial charge on any atom is 0.0591 e. The highest BCUT2D eigenvalue weighted by atomic mass is 16.5. The zero-order valence-electron chi connectivity index (χ0n) is 10.5. The molecular weight excluding hydrogens is 200 g/mol.